The molecule has 0 saturated carbocycles. The minimum atomic E-state index is -4.47. The van der Waals surface area contributed by atoms with Crippen molar-refractivity contribution in [3.63, 3.8) is 0 Å². The molecule has 1 aromatic heterocycles. The van der Waals surface area contributed by atoms with Crippen LogP contribution < -0.4 is 15.2 Å². The first-order valence-electron chi connectivity index (χ1n) is 10.6. The number of aromatic nitrogens is 2. The van der Waals surface area contributed by atoms with E-state index in [4.69, 9.17) is 21.1 Å². The first kappa shape index (κ1) is 25.2. The van der Waals surface area contributed by atoms with Gasteiger partial charge in [0.15, 0.2) is 11.6 Å². The monoisotopic (exact) mass is 518 g/mol. The standard InChI is InChI=1S/C26H19ClF4N2O3/c1-15-11-19(8-9-20(15)27)36-23-10-3-16(12-21(23)28)14-35-24-13-22(33(2)25(34)32-24)17-4-6-18(7-5-17)26(29,30)31/h3-13H,14H2,1-2H3. The van der Waals surface area contributed by atoms with Gasteiger partial charge in [-0.1, -0.05) is 29.8 Å². The van der Waals surface area contributed by atoms with Crippen molar-refractivity contribution in [2.24, 2.45) is 7.05 Å². The van der Waals surface area contributed by atoms with E-state index in [2.05, 4.69) is 4.98 Å². The van der Waals surface area contributed by atoms with Gasteiger partial charge in [0.1, 0.15) is 12.4 Å². The Labute approximate surface area is 208 Å². The van der Waals surface area contributed by atoms with Crippen molar-refractivity contribution in [2.75, 3.05) is 0 Å². The van der Waals surface area contributed by atoms with Crippen LogP contribution in [0.25, 0.3) is 11.3 Å². The SMILES string of the molecule is Cc1cc(Oc2ccc(COc3cc(-c4ccc(C(F)(F)F)cc4)n(C)c(=O)n3)cc2F)ccc1Cl. The number of nitrogens with zero attached hydrogens (tertiary/aromatic N) is 2. The second kappa shape index (κ2) is 10.0. The lowest BCUT2D eigenvalue weighted by atomic mass is 10.1. The average Bonchev–Trinajstić information content (AvgIpc) is 2.83. The molecular formula is C26H19ClF4N2O3. The first-order chi connectivity index (χ1) is 17.0. The molecule has 0 unspecified atom stereocenters. The molecule has 4 rings (SSSR count). The molecule has 0 bridgehead atoms. The zero-order chi connectivity index (χ0) is 26.0. The summed E-state index contributed by atoms with van der Waals surface area (Å²) >= 11 is 6.00. The minimum Gasteiger partial charge on any atom is -0.473 e. The van der Waals surface area contributed by atoms with Crippen molar-refractivity contribution < 1.29 is 27.0 Å². The molecule has 0 aliphatic rings. The lowest BCUT2D eigenvalue weighted by Crippen LogP contribution is -2.22. The fourth-order valence-corrected chi connectivity index (χ4v) is 3.50. The van der Waals surface area contributed by atoms with Crippen LogP contribution in [0.3, 0.4) is 0 Å². The predicted octanol–water partition coefficient (Wildman–Crippen LogP) is 6.94. The molecule has 0 amide bonds. The molecule has 10 heteroatoms. The van der Waals surface area contributed by atoms with Crippen molar-refractivity contribution in [1.29, 1.82) is 0 Å². The molecule has 4 aromatic rings. The number of alkyl halides is 3. The fourth-order valence-electron chi connectivity index (χ4n) is 3.38. The summed E-state index contributed by atoms with van der Waals surface area (Å²) in [6.45, 7) is 1.70. The summed E-state index contributed by atoms with van der Waals surface area (Å²) in [7, 11) is 1.45. The van der Waals surface area contributed by atoms with E-state index in [0.29, 0.717) is 27.6 Å². The molecule has 5 nitrogen and oxygen atoms in total. The third-order valence-electron chi connectivity index (χ3n) is 5.36. The van der Waals surface area contributed by atoms with Gasteiger partial charge in [-0.2, -0.15) is 18.2 Å². The third-order valence-corrected chi connectivity index (χ3v) is 5.79. The highest BCUT2D eigenvalue weighted by Crippen LogP contribution is 2.31. The van der Waals surface area contributed by atoms with Crippen molar-refractivity contribution in [3.05, 3.63) is 105 Å². The Morgan fingerprint density at radius 2 is 1.72 bits per heavy atom. The van der Waals surface area contributed by atoms with Crippen LogP contribution in [-0.4, -0.2) is 9.55 Å². The molecule has 0 fully saturated rings. The van der Waals surface area contributed by atoms with Crippen LogP contribution >= 0.6 is 11.6 Å². The predicted molar refractivity (Wildman–Crippen MR) is 127 cm³/mol. The van der Waals surface area contributed by atoms with Gasteiger partial charge in [-0.15, -0.1) is 0 Å². The number of hydrogen-bond donors (Lipinski definition) is 0. The van der Waals surface area contributed by atoms with Crippen molar-refractivity contribution in [3.8, 4) is 28.6 Å². The van der Waals surface area contributed by atoms with Crippen LogP contribution in [0.5, 0.6) is 17.4 Å². The van der Waals surface area contributed by atoms with Crippen molar-refractivity contribution in [2.45, 2.75) is 19.7 Å². The zero-order valence-corrected chi connectivity index (χ0v) is 19.8. The van der Waals surface area contributed by atoms with Gasteiger partial charge < -0.3 is 9.47 Å². The normalized spacial score (nSPS) is 11.4. The number of hydrogen-bond acceptors (Lipinski definition) is 4. The Morgan fingerprint density at radius 1 is 1.00 bits per heavy atom. The summed E-state index contributed by atoms with van der Waals surface area (Å²) in [5.74, 6) is -0.229. The number of benzene rings is 3. The van der Waals surface area contributed by atoms with Gasteiger partial charge in [-0.25, -0.2) is 9.18 Å². The number of halogens is 5. The topological polar surface area (TPSA) is 53.4 Å². The van der Waals surface area contributed by atoms with E-state index in [-0.39, 0.29) is 18.2 Å². The van der Waals surface area contributed by atoms with Gasteiger partial charge in [0.25, 0.3) is 0 Å². The minimum absolute atomic E-state index is 0.0109. The molecule has 0 aliphatic carbocycles. The maximum absolute atomic E-state index is 14.6. The molecule has 3 aromatic carbocycles. The highest BCUT2D eigenvalue weighted by Gasteiger charge is 2.30. The summed E-state index contributed by atoms with van der Waals surface area (Å²) in [6, 6.07) is 15.1. The van der Waals surface area contributed by atoms with Crippen LogP contribution in [0.4, 0.5) is 17.6 Å². The van der Waals surface area contributed by atoms with E-state index in [1.807, 2.05) is 0 Å². The smallest absolute Gasteiger partial charge is 0.416 e. The Kier molecular flexibility index (Phi) is 7.03. The molecule has 186 valence electrons. The molecule has 36 heavy (non-hydrogen) atoms. The molecule has 0 atom stereocenters. The summed E-state index contributed by atoms with van der Waals surface area (Å²) in [6.07, 6.45) is -4.47. The summed E-state index contributed by atoms with van der Waals surface area (Å²) in [5, 5.41) is 0.571. The quantitative estimate of drug-likeness (QED) is 0.259. The molecule has 0 spiro atoms. The number of rotatable bonds is 6. The highest BCUT2D eigenvalue weighted by atomic mass is 35.5. The number of aryl methyl sites for hydroxylation is 1. The average molecular weight is 519 g/mol. The zero-order valence-electron chi connectivity index (χ0n) is 19.1. The summed E-state index contributed by atoms with van der Waals surface area (Å²) < 4.78 is 65.5. The van der Waals surface area contributed by atoms with Gasteiger partial charge in [-0.3, -0.25) is 4.57 Å². The Balaban J connectivity index is 1.50. The van der Waals surface area contributed by atoms with Gasteiger partial charge in [0.2, 0.25) is 5.88 Å². The highest BCUT2D eigenvalue weighted by molar-refractivity contribution is 6.31. The molecular weight excluding hydrogens is 500 g/mol. The van der Waals surface area contributed by atoms with Crippen LogP contribution in [-0.2, 0) is 19.8 Å². The van der Waals surface area contributed by atoms with Crippen LogP contribution in [0.2, 0.25) is 5.02 Å². The maximum atomic E-state index is 14.6. The van der Waals surface area contributed by atoms with E-state index in [1.165, 1.54) is 41.9 Å². The lowest BCUT2D eigenvalue weighted by molar-refractivity contribution is -0.137. The van der Waals surface area contributed by atoms with Crippen molar-refractivity contribution >= 4 is 11.6 Å². The lowest BCUT2D eigenvalue weighted by Gasteiger charge is -2.13. The largest absolute Gasteiger partial charge is 0.473 e. The summed E-state index contributed by atoms with van der Waals surface area (Å²) in [5.41, 5.74) is 0.465. The van der Waals surface area contributed by atoms with Crippen LogP contribution in [0.1, 0.15) is 16.7 Å². The van der Waals surface area contributed by atoms with E-state index in [1.54, 1.807) is 31.2 Å². The Bertz CT molecular complexity index is 1470. The van der Waals surface area contributed by atoms with Gasteiger partial charge in [0.05, 0.1) is 11.3 Å². The van der Waals surface area contributed by atoms with Gasteiger partial charge >= 0.3 is 11.9 Å². The van der Waals surface area contributed by atoms with E-state index < -0.39 is 23.2 Å². The third kappa shape index (κ3) is 5.68. The van der Waals surface area contributed by atoms with E-state index in [0.717, 1.165) is 17.7 Å². The molecule has 0 radical (unpaired) electrons. The Hall–Kier alpha value is -3.85. The van der Waals surface area contributed by atoms with E-state index in [9.17, 15) is 22.4 Å². The molecule has 0 N–H and O–H groups in total. The summed E-state index contributed by atoms with van der Waals surface area (Å²) in [4.78, 5) is 16.1. The first-order valence-corrected chi connectivity index (χ1v) is 11.0. The van der Waals surface area contributed by atoms with Crippen LogP contribution in [0.15, 0.2) is 71.5 Å². The number of ether oxygens (including phenoxy) is 2. The fraction of sp³-hybridized carbons (Fsp3) is 0.154. The maximum Gasteiger partial charge on any atom is 0.416 e. The molecule has 0 aliphatic heterocycles. The van der Waals surface area contributed by atoms with Gasteiger partial charge in [0, 0.05) is 18.1 Å². The second-order valence-electron chi connectivity index (χ2n) is 7.96. The molecule has 1 heterocycles. The van der Waals surface area contributed by atoms with E-state index >= 15 is 0 Å². The van der Waals surface area contributed by atoms with Crippen molar-refractivity contribution in [1.82, 2.24) is 9.55 Å². The molecule has 0 saturated heterocycles. The second-order valence-corrected chi connectivity index (χ2v) is 8.37. The Morgan fingerprint density at radius 3 is 2.36 bits per heavy atom. The van der Waals surface area contributed by atoms with Crippen LogP contribution in [0, 0.1) is 12.7 Å². The van der Waals surface area contributed by atoms with Gasteiger partial charge in [-0.05, 0) is 66.1 Å².